The van der Waals surface area contributed by atoms with Crippen LogP contribution in [-0.4, -0.2) is 41.0 Å². The first-order valence-corrected chi connectivity index (χ1v) is 9.46. The Labute approximate surface area is 165 Å². The average Bonchev–Trinajstić information content (AvgIpc) is 3.31. The maximum absolute atomic E-state index is 13.9. The number of carbonyl (C=O) groups excluding carboxylic acids is 2. The predicted octanol–water partition coefficient (Wildman–Crippen LogP) is 3.15. The zero-order chi connectivity index (χ0) is 19.6. The lowest BCUT2D eigenvalue weighted by atomic mass is 9.90. The largest absolute Gasteiger partial charge is 0.274 e. The molecule has 144 valence electrons. The van der Waals surface area contributed by atoms with Crippen LogP contribution in [0.4, 0.5) is 14.5 Å². The summed E-state index contributed by atoms with van der Waals surface area (Å²) in [6.45, 7) is 1.39. The van der Waals surface area contributed by atoms with Gasteiger partial charge in [0.05, 0.1) is 22.7 Å². The van der Waals surface area contributed by atoms with E-state index in [-0.39, 0.29) is 34.4 Å². The van der Waals surface area contributed by atoms with Crippen LogP contribution in [0.5, 0.6) is 0 Å². The molecule has 0 bridgehead atoms. The molecule has 0 spiro atoms. The fourth-order valence-electron chi connectivity index (χ4n) is 4.65. The topological polar surface area (TPSA) is 43.9 Å². The lowest BCUT2D eigenvalue weighted by Gasteiger charge is -2.29. The number of hydrazine groups is 1. The van der Waals surface area contributed by atoms with E-state index in [2.05, 4.69) is 0 Å². The normalized spacial score (nSPS) is 27.5. The first-order chi connectivity index (χ1) is 13.5. The van der Waals surface area contributed by atoms with Crippen molar-refractivity contribution in [2.75, 3.05) is 18.0 Å². The number of anilines is 1. The van der Waals surface area contributed by atoms with E-state index in [1.54, 1.807) is 12.1 Å². The maximum Gasteiger partial charge on any atom is 0.253 e. The van der Waals surface area contributed by atoms with Crippen LogP contribution in [0.25, 0.3) is 0 Å². The van der Waals surface area contributed by atoms with Gasteiger partial charge < -0.3 is 0 Å². The van der Waals surface area contributed by atoms with Gasteiger partial charge in [0.15, 0.2) is 0 Å². The number of amides is 2. The second-order valence-electron chi connectivity index (χ2n) is 7.26. The minimum absolute atomic E-state index is 0.0713. The first kappa shape index (κ1) is 17.7. The SMILES string of the molecule is O=C1[C@@H]2[C@H](C(=O)N1c1ccc(Cl)c(F)c1)N1CCCN1[C@H]2c1ccc(F)cc1. The molecule has 0 saturated carbocycles. The van der Waals surface area contributed by atoms with Crippen LogP contribution < -0.4 is 4.90 Å². The summed E-state index contributed by atoms with van der Waals surface area (Å²) < 4.78 is 27.3. The molecule has 3 saturated heterocycles. The number of fused-ring (bicyclic) bond motifs is 3. The van der Waals surface area contributed by atoms with Crippen molar-refractivity contribution in [3.63, 3.8) is 0 Å². The molecule has 0 aliphatic carbocycles. The highest BCUT2D eigenvalue weighted by molar-refractivity contribution is 6.31. The smallest absolute Gasteiger partial charge is 0.253 e. The van der Waals surface area contributed by atoms with E-state index in [0.29, 0.717) is 6.54 Å². The molecule has 2 amide bonds. The standard InChI is InChI=1S/C20H16ClF2N3O2/c21-14-7-6-13(10-15(14)23)26-19(27)16-17(11-2-4-12(22)5-3-11)24-8-1-9-25(24)18(16)20(26)28/h2-7,10,16-18H,1,8-9H2/t16-,17-,18+/m0/s1. The lowest BCUT2D eigenvalue weighted by molar-refractivity contribution is -0.126. The fourth-order valence-corrected chi connectivity index (χ4v) is 4.77. The Hall–Kier alpha value is -2.35. The molecule has 3 aliphatic heterocycles. The van der Waals surface area contributed by atoms with Crippen LogP contribution in [-0.2, 0) is 9.59 Å². The van der Waals surface area contributed by atoms with Gasteiger partial charge in [-0.3, -0.25) is 9.59 Å². The van der Waals surface area contributed by atoms with Gasteiger partial charge >= 0.3 is 0 Å². The average molecular weight is 404 g/mol. The number of carbonyl (C=O) groups is 2. The van der Waals surface area contributed by atoms with E-state index in [0.717, 1.165) is 29.5 Å². The van der Waals surface area contributed by atoms with Gasteiger partial charge in [-0.1, -0.05) is 23.7 Å². The van der Waals surface area contributed by atoms with E-state index in [1.807, 2.05) is 10.0 Å². The summed E-state index contributed by atoms with van der Waals surface area (Å²) in [5, 5.41) is 3.90. The molecule has 2 aromatic rings. The molecule has 0 unspecified atom stereocenters. The van der Waals surface area contributed by atoms with Gasteiger partial charge in [0.1, 0.15) is 17.7 Å². The molecule has 0 radical (unpaired) electrons. The van der Waals surface area contributed by atoms with E-state index in [9.17, 15) is 18.4 Å². The van der Waals surface area contributed by atoms with Crippen molar-refractivity contribution in [1.29, 1.82) is 0 Å². The van der Waals surface area contributed by atoms with Crippen molar-refractivity contribution in [2.24, 2.45) is 5.92 Å². The fraction of sp³-hybridized carbons (Fsp3) is 0.300. The monoisotopic (exact) mass is 403 g/mol. The van der Waals surface area contributed by atoms with Crippen LogP contribution in [0.1, 0.15) is 18.0 Å². The maximum atomic E-state index is 13.9. The Kier molecular flexibility index (Phi) is 4.01. The minimum atomic E-state index is -0.685. The second-order valence-corrected chi connectivity index (χ2v) is 7.66. The van der Waals surface area contributed by atoms with Gasteiger partial charge in [-0.05, 0) is 42.3 Å². The Bertz CT molecular complexity index is 984. The third-order valence-electron chi connectivity index (χ3n) is 5.78. The zero-order valence-corrected chi connectivity index (χ0v) is 15.4. The lowest BCUT2D eigenvalue weighted by Crippen LogP contribution is -2.44. The molecule has 3 heterocycles. The van der Waals surface area contributed by atoms with Crippen molar-refractivity contribution < 1.29 is 18.4 Å². The van der Waals surface area contributed by atoms with Gasteiger partial charge in [-0.2, -0.15) is 0 Å². The minimum Gasteiger partial charge on any atom is -0.274 e. The van der Waals surface area contributed by atoms with E-state index in [4.69, 9.17) is 11.6 Å². The third kappa shape index (κ3) is 2.43. The number of benzene rings is 2. The summed E-state index contributed by atoms with van der Waals surface area (Å²) in [5.74, 6) is -2.41. The van der Waals surface area contributed by atoms with E-state index < -0.39 is 17.8 Å². The molecule has 3 atom stereocenters. The number of imide groups is 1. The van der Waals surface area contributed by atoms with Crippen LogP contribution >= 0.6 is 11.6 Å². The first-order valence-electron chi connectivity index (χ1n) is 9.09. The van der Waals surface area contributed by atoms with Gasteiger partial charge in [0, 0.05) is 13.1 Å². The van der Waals surface area contributed by atoms with Crippen molar-refractivity contribution in [3.05, 3.63) is 64.7 Å². The predicted molar refractivity (Wildman–Crippen MR) is 98.4 cm³/mol. The van der Waals surface area contributed by atoms with E-state index in [1.165, 1.54) is 24.3 Å². The molecule has 8 heteroatoms. The van der Waals surface area contributed by atoms with Gasteiger partial charge in [0.25, 0.3) is 5.91 Å². The Balaban J connectivity index is 1.58. The van der Waals surface area contributed by atoms with Crippen LogP contribution in [0.3, 0.4) is 0 Å². The van der Waals surface area contributed by atoms with Crippen LogP contribution in [0.2, 0.25) is 5.02 Å². The van der Waals surface area contributed by atoms with E-state index >= 15 is 0 Å². The summed E-state index contributed by atoms with van der Waals surface area (Å²) >= 11 is 5.74. The summed E-state index contributed by atoms with van der Waals surface area (Å²) in [7, 11) is 0. The molecule has 28 heavy (non-hydrogen) atoms. The quantitative estimate of drug-likeness (QED) is 0.723. The van der Waals surface area contributed by atoms with Crippen molar-refractivity contribution in [2.45, 2.75) is 18.5 Å². The highest BCUT2D eigenvalue weighted by Gasteiger charge is 2.62. The zero-order valence-electron chi connectivity index (χ0n) is 14.7. The van der Waals surface area contributed by atoms with Crippen molar-refractivity contribution in [1.82, 2.24) is 10.0 Å². The number of halogens is 3. The number of rotatable bonds is 2. The number of hydrogen-bond acceptors (Lipinski definition) is 4. The van der Waals surface area contributed by atoms with Gasteiger partial charge in [0.2, 0.25) is 5.91 Å². The summed E-state index contributed by atoms with van der Waals surface area (Å²) in [5.41, 5.74) is 0.959. The van der Waals surface area contributed by atoms with Crippen molar-refractivity contribution in [3.8, 4) is 0 Å². The van der Waals surface area contributed by atoms with Crippen molar-refractivity contribution >= 4 is 29.1 Å². The van der Waals surface area contributed by atoms with Crippen LogP contribution in [0, 0.1) is 17.6 Å². The summed E-state index contributed by atoms with van der Waals surface area (Å²) in [6, 6.07) is 8.94. The van der Waals surface area contributed by atoms with Crippen LogP contribution in [0.15, 0.2) is 42.5 Å². The number of nitrogens with zero attached hydrogens (tertiary/aromatic N) is 3. The molecule has 0 aromatic heterocycles. The molecule has 3 aliphatic rings. The molecular formula is C20H16ClF2N3O2. The molecule has 0 N–H and O–H groups in total. The summed E-state index contributed by atoms with van der Waals surface area (Å²) in [4.78, 5) is 27.5. The van der Waals surface area contributed by atoms with Gasteiger partial charge in [-0.25, -0.2) is 23.7 Å². The summed E-state index contributed by atoms with van der Waals surface area (Å²) in [6.07, 6.45) is 0.873. The molecule has 3 fully saturated rings. The molecule has 5 nitrogen and oxygen atoms in total. The second kappa shape index (κ2) is 6.34. The highest BCUT2D eigenvalue weighted by Crippen LogP contribution is 2.49. The third-order valence-corrected chi connectivity index (χ3v) is 6.09. The van der Waals surface area contributed by atoms with Gasteiger partial charge in [-0.15, -0.1) is 0 Å². The Morgan fingerprint density at radius 2 is 1.57 bits per heavy atom. The Morgan fingerprint density at radius 3 is 2.25 bits per heavy atom. The molecular weight excluding hydrogens is 388 g/mol. The highest BCUT2D eigenvalue weighted by atomic mass is 35.5. The molecule has 2 aromatic carbocycles. The number of hydrogen-bond donors (Lipinski definition) is 0. The Morgan fingerprint density at radius 1 is 0.893 bits per heavy atom. The molecule has 5 rings (SSSR count).